The van der Waals surface area contributed by atoms with E-state index >= 15 is 0 Å². The summed E-state index contributed by atoms with van der Waals surface area (Å²) in [5, 5.41) is 11.3. The molecule has 0 spiro atoms. The summed E-state index contributed by atoms with van der Waals surface area (Å²) in [7, 11) is 0. The highest BCUT2D eigenvalue weighted by molar-refractivity contribution is 6.06. The van der Waals surface area contributed by atoms with E-state index in [-0.39, 0.29) is 30.7 Å². The Balaban J connectivity index is 1.58. The fraction of sp³-hybridized carbons (Fsp3) is 0.444. The molecule has 1 aromatic rings. The molecule has 2 fully saturated rings. The topological polar surface area (TPSA) is 107 Å². The number of hydrogen-bond donors (Lipinski definition) is 2. The van der Waals surface area contributed by atoms with E-state index in [1.165, 1.54) is 9.80 Å². The third-order valence-electron chi connectivity index (χ3n) is 5.24. The fourth-order valence-corrected chi connectivity index (χ4v) is 3.70. The highest BCUT2D eigenvalue weighted by Crippen LogP contribution is 2.35. The van der Waals surface area contributed by atoms with Gasteiger partial charge in [-0.2, -0.15) is 0 Å². The fourth-order valence-electron chi connectivity index (χ4n) is 3.70. The van der Waals surface area contributed by atoms with Gasteiger partial charge in [-0.15, -0.1) is 0 Å². The number of imide groups is 1. The molecule has 2 heterocycles. The molecule has 1 saturated carbocycles. The van der Waals surface area contributed by atoms with Crippen LogP contribution in [0.2, 0.25) is 0 Å². The van der Waals surface area contributed by atoms with E-state index in [0.717, 1.165) is 12.8 Å². The Morgan fingerprint density at radius 3 is 2.65 bits per heavy atom. The monoisotopic (exact) mass is 357 g/mol. The summed E-state index contributed by atoms with van der Waals surface area (Å²) in [6, 6.07) is 4.15. The second-order valence-electron chi connectivity index (χ2n) is 7.04. The van der Waals surface area contributed by atoms with E-state index in [2.05, 4.69) is 5.32 Å². The second-order valence-corrected chi connectivity index (χ2v) is 7.04. The Morgan fingerprint density at radius 1 is 1.19 bits per heavy atom. The quantitative estimate of drug-likeness (QED) is 0.797. The number of carbonyl (C=O) groups excluding carboxylic acids is 3. The average Bonchev–Trinajstić information content (AvgIpc) is 3.35. The molecule has 3 aliphatic rings. The summed E-state index contributed by atoms with van der Waals surface area (Å²) in [5.74, 6) is -0.398. The zero-order valence-corrected chi connectivity index (χ0v) is 14.1. The van der Waals surface area contributed by atoms with Gasteiger partial charge in [0.1, 0.15) is 6.04 Å². The highest BCUT2D eigenvalue weighted by Gasteiger charge is 2.44. The van der Waals surface area contributed by atoms with Gasteiger partial charge in [-0.05, 0) is 37.3 Å². The molecule has 0 bridgehead atoms. The van der Waals surface area contributed by atoms with E-state index < -0.39 is 12.1 Å². The van der Waals surface area contributed by atoms with Crippen molar-refractivity contribution in [1.29, 1.82) is 0 Å². The number of amides is 4. The van der Waals surface area contributed by atoms with Gasteiger partial charge in [-0.1, -0.05) is 6.07 Å². The van der Waals surface area contributed by atoms with Crippen LogP contribution in [0.1, 0.15) is 41.6 Å². The SMILES string of the molecule is O=C(O)Nc1cccc2c1CN(C1CCC(=O)N(CC3CC3)C1=O)C2=O. The van der Waals surface area contributed by atoms with Gasteiger partial charge in [0, 0.05) is 36.3 Å². The number of nitrogens with zero attached hydrogens (tertiary/aromatic N) is 2. The summed E-state index contributed by atoms with van der Waals surface area (Å²) in [6.45, 7) is 0.599. The molecule has 2 aliphatic heterocycles. The van der Waals surface area contributed by atoms with E-state index in [4.69, 9.17) is 5.11 Å². The van der Waals surface area contributed by atoms with Crippen molar-refractivity contribution >= 4 is 29.5 Å². The van der Waals surface area contributed by atoms with Crippen molar-refractivity contribution in [2.75, 3.05) is 11.9 Å². The molecule has 0 aromatic heterocycles. The maximum atomic E-state index is 12.8. The summed E-state index contributed by atoms with van der Waals surface area (Å²) >= 11 is 0. The number of benzene rings is 1. The van der Waals surface area contributed by atoms with Crippen LogP contribution < -0.4 is 5.32 Å². The van der Waals surface area contributed by atoms with Gasteiger partial charge in [-0.25, -0.2) is 4.79 Å². The standard InChI is InChI=1S/C18H19N3O5/c22-15-7-6-14(17(24)21(15)8-10-4-5-10)20-9-12-11(16(20)23)2-1-3-13(12)19-18(25)26/h1-3,10,14,19H,4-9H2,(H,25,26). The molecular weight excluding hydrogens is 338 g/mol. The Morgan fingerprint density at radius 2 is 1.96 bits per heavy atom. The molecule has 1 unspecified atom stereocenters. The molecule has 2 N–H and O–H groups in total. The van der Waals surface area contributed by atoms with Crippen molar-refractivity contribution in [3.63, 3.8) is 0 Å². The summed E-state index contributed by atoms with van der Waals surface area (Å²) in [6.07, 6.45) is 1.39. The molecule has 26 heavy (non-hydrogen) atoms. The van der Waals surface area contributed by atoms with Crippen molar-refractivity contribution < 1.29 is 24.3 Å². The first-order valence-electron chi connectivity index (χ1n) is 8.72. The van der Waals surface area contributed by atoms with Gasteiger partial charge in [0.05, 0.1) is 0 Å². The summed E-state index contributed by atoms with van der Waals surface area (Å²) < 4.78 is 0. The third kappa shape index (κ3) is 2.81. The van der Waals surface area contributed by atoms with Gasteiger partial charge in [-0.3, -0.25) is 24.6 Å². The molecule has 8 heteroatoms. The normalized spacial score (nSPS) is 22.6. The zero-order valence-electron chi connectivity index (χ0n) is 14.1. The number of nitrogens with one attached hydrogen (secondary N) is 1. The number of carbonyl (C=O) groups is 4. The average molecular weight is 357 g/mol. The smallest absolute Gasteiger partial charge is 0.409 e. The molecule has 4 amide bonds. The lowest BCUT2D eigenvalue weighted by Crippen LogP contribution is -2.55. The molecular formula is C18H19N3O5. The van der Waals surface area contributed by atoms with Crippen LogP contribution in [0, 0.1) is 5.92 Å². The molecule has 1 atom stereocenters. The van der Waals surface area contributed by atoms with E-state index in [1.54, 1.807) is 18.2 Å². The molecule has 1 saturated heterocycles. The van der Waals surface area contributed by atoms with Crippen molar-refractivity contribution in [2.24, 2.45) is 5.92 Å². The molecule has 1 aliphatic carbocycles. The number of carboxylic acid groups (broad SMARTS) is 1. The predicted octanol–water partition coefficient (Wildman–Crippen LogP) is 1.66. The van der Waals surface area contributed by atoms with Crippen molar-refractivity contribution in [3.8, 4) is 0 Å². The van der Waals surface area contributed by atoms with Crippen LogP contribution in [0.4, 0.5) is 10.5 Å². The minimum atomic E-state index is -1.21. The van der Waals surface area contributed by atoms with E-state index in [0.29, 0.717) is 35.7 Å². The van der Waals surface area contributed by atoms with Gasteiger partial charge < -0.3 is 10.0 Å². The number of fused-ring (bicyclic) bond motifs is 1. The molecule has 1 aromatic carbocycles. The van der Waals surface area contributed by atoms with Crippen LogP contribution in [0.25, 0.3) is 0 Å². The zero-order chi connectivity index (χ0) is 18.4. The van der Waals surface area contributed by atoms with Gasteiger partial charge in [0.25, 0.3) is 11.8 Å². The molecule has 4 rings (SSSR count). The molecule has 8 nitrogen and oxygen atoms in total. The second kappa shape index (κ2) is 6.12. The Bertz CT molecular complexity index is 817. The number of hydrogen-bond acceptors (Lipinski definition) is 4. The maximum Gasteiger partial charge on any atom is 0.409 e. The van der Waals surface area contributed by atoms with Crippen LogP contribution in [0.15, 0.2) is 18.2 Å². The molecule has 136 valence electrons. The highest BCUT2D eigenvalue weighted by atomic mass is 16.4. The van der Waals surface area contributed by atoms with Crippen LogP contribution >= 0.6 is 0 Å². The lowest BCUT2D eigenvalue weighted by molar-refractivity contribution is -0.152. The minimum absolute atomic E-state index is 0.159. The Hall–Kier alpha value is -2.90. The predicted molar refractivity (Wildman–Crippen MR) is 90.4 cm³/mol. The molecule has 0 radical (unpaired) electrons. The number of rotatable bonds is 4. The van der Waals surface area contributed by atoms with E-state index in [9.17, 15) is 19.2 Å². The van der Waals surface area contributed by atoms with Crippen LogP contribution in [0.3, 0.4) is 0 Å². The van der Waals surface area contributed by atoms with Gasteiger partial charge in [0.15, 0.2) is 0 Å². The Labute approximate surface area is 149 Å². The van der Waals surface area contributed by atoms with Crippen LogP contribution in [-0.2, 0) is 16.1 Å². The minimum Gasteiger partial charge on any atom is -0.465 e. The van der Waals surface area contributed by atoms with E-state index in [1.807, 2.05) is 0 Å². The van der Waals surface area contributed by atoms with Gasteiger partial charge >= 0.3 is 6.09 Å². The van der Waals surface area contributed by atoms with Crippen LogP contribution in [-0.4, -0.2) is 51.3 Å². The number of piperidine rings is 1. The first kappa shape index (κ1) is 16.6. The lowest BCUT2D eigenvalue weighted by Gasteiger charge is -2.35. The van der Waals surface area contributed by atoms with Crippen molar-refractivity contribution in [2.45, 2.75) is 38.3 Å². The van der Waals surface area contributed by atoms with Crippen molar-refractivity contribution in [1.82, 2.24) is 9.80 Å². The Kier molecular flexibility index (Phi) is 3.90. The first-order chi connectivity index (χ1) is 12.5. The van der Waals surface area contributed by atoms with Gasteiger partial charge in [0.2, 0.25) is 5.91 Å². The number of likely N-dealkylation sites (tertiary alicyclic amines) is 1. The third-order valence-corrected chi connectivity index (χ3v) is 5.24. The first-order valence-corrected chi connectivity index (χ1v) is 8.72. The number of anilines is 1. The largest absolute Gasteiger partial charge is 0.465 e. The summed E-state index contributed by atoms with van der Waals surface area (Å²) in [4.78, 5) is 51.5. The van der Waals surface area contributed by atoms with Crippen molar-refractivity contribution in [3.05, 3.63) is 29.3 Å². The van der Waals surface area contributed by atoms with Crippen LogP contribution in [0.5, 0.6) is 0 Å². The lowest BCUT2D eigenvalue weighted by atomic mass is 10.0. The summed E-state index contributed by atoms with van der Waals surface area (Å²) in [5.41, 5.74) is 1.31. The maximum absolute atomic E-state index is 12.8.